The monoisotopic (exact) mass is 236 g/mol. The molecule has 1 fully saturated rings. The minimum Gasteiger partial charge on any atom is -0.368 e. The summed E-state index contributed by atoms with van der Waals surface area (Å²) in [6.07, 6.45) is 2.45. The van der Waals surface area contributed by atoms with Crippen LogP contribution in [0, 0.1) is 11.7 Å². The van der Waals surface area contributed by atoms with E-state index in [2.05, 4.69) is 18.7 Å². The van der Waals surface area contributed by atoms with Crippen LogP contribution in [0.4, 0.5) is 10.1 Å². The highest BCUT2D eigenvalue weighted by Crippen LogP contribution is 2.28. The fourth-order valence-corrected chi connectivity index (χ4v) is 2.53. The van der Waals surface area contributed by atoms with Gasteiger partial charge in [0.15, 0.2) is 0 Å². The van der Waals surface area contributed by atoms with E-state index < -0.39 is 0 Å². The zero-order valence-corrected chi connectivity index (χ0v) is 10.6. The molecule has 0 spiro atoms. The summed E-state index contributed by atoms with van der Waals surface area (Å²) in [6.45, 7) is 5.74. The first kappa shape index (κ1) is 12.4. The molecular formula is C14H21FN2. The molecule has 0 bridgehead atoms. The number of benzene rings is 1. The molecule has 1 aliphatic rings. The molecule has 1 heterocycles. The van der Waals surface area contributed by atoms with Gasteiger partial charge in [0, 0.05) is 30.4 Å². The highest BCUT2D eigenvalue weighted by atomic mass is 19.1. The summed E-state index contributed by atoms with van der Waals surface area (Å²) in [5.74, 6) is 0.499. The number of hydrogen-bond donors (Lipinski definition) is 1. The molecule has 94 valence electrons. The van der Waals surface area contributed by atoms with Crippen molar-refractivity contribution in [2.24, 2.45) is 11.7 Å². The summed E-state index contributed by atoms with van der Waals surface area (Å²) >= 11 is 0. The van der Waals surface area contributed by atoms with Crippen molar-refractivity contribution in [2.45, 2.75) is 39.3 Å². The van der Waals surface area contributed by atoms with Crippen LogP contribution in [0.15, 0.2) is 18.2 Å². The molecule has 2 N–H and O–H groups in total. The first-order valence-electron chi connectivity index (χ1n) is 6.37. The van der Waals surface area contributed by atoms with Gasteiger partial charge in [0.2, 0.25) is 0 Å². The molecule has 0 radical (unpaired) electrons. The summed E-state index contributed by atoms with van der Waals surface area (Å²) in [5, 5.41) is 0. The molecule has 17 heavy (non-hydrogen) atoms. The summed E-state index contributed by atoms with van der Waals surface area (Å²) in [6, 6.07) is 5.90. The van der Waals surface area contributed by atoms with Crippen LogP contribution in [-0.4, -0.2) is 12.6 Å². The maximum Gasteiger partial charge on any atom is 0.129 e. The van der Waals surface area contributed by atoms with Crippen molar-refractivity contribution in [2.75, 3.05) is 11.4 Å². The fraction of sp³-hybridized carbons (Fsp3) is 0.571. The van der Waals surface area contributed by atoms with Gasteiger partial charge in [-0.25, -0.2) is 4.39 Å². The van der Waals surface area contributed by atoms with E-state index in [1.54, 1.807) is 12.1 Å². The van der Waals surface area contributed by atoms with Crippen molar-refractivity contribution in [3.8, 4) is 0 Å². The van der Waals surface area contributed by atoms with Gasteiger partial charge < -0.3 is 10.6 Å². The Hall–Kier alpha value is -1.09. The molecule has 1 aliphatic heterocycles. The summed E-state index contributed by atoms with van der Waals surface area (Å²) < 4.78 is 13.7. The largest absolute Gasteiger partial charge is 0.368 e. The van der Waals surface area contributed by atoms with E-state index in [4.69, 9.17) is 5.73 Å². The van der Waals surface area contributed by atoms with Crippen LogP contribution in [0.25, 0.3) is 0 Å². The minimum atomic E-state index is -0.185. The van der Waals surface area contributed by atoms with Crippen molar-refractivity contribution in [3.05, 3.63) is 29.6 Å². The number of halogens is 1. The third-order valence-corrected chi connectivity index (χ3v) is 3.71. The lowest BCUT2D eigenvalue weighted by Gasteiger charge is -2.38. The molecular weight excluding hydrogens is 215 g/mol. The Morgan fingerprint density at radius 2 is 2.12 bits per heavy atom. The van der Waals surface area contributed by atoms with Crippen LogP contribution in [0.2, 0.25) is 0 Å². The lowest BCUT2D eigenvalue weighted by atomic mass is 9.94. The van der Waals surface area contributed by atoms with E-state index in [9.17, 15) is 4.39 Å². The Morgan fingerprint density at radius 3 is 2.76 bits per heavy atom. The molecule has 0 aromatic heterocycles. The topological polar surface area (TPSA) is 29.3 Å². The Morgan fingerprint density at radius 1 is 1.35 bits per heavy atom. The van der Waals surface area contributed by atoms with Crippen LogP contribution in [0.3, 0.4) is 0 Å². The van der Waals surface area contributed by atoms with E-state index in [0.717, 1.165) is 12.2 Å². The van der Waals surface area contributed by atoms with Gasteiger partial charge in [-0.2, -0.15) is 0 Å². The molecule has 1 aromatic rings. The molecule has 0 saturated carbocycles. The zero-order chi connectivity index (χ0) is 12.4. The molecule has 0 aliphatic carbocycles. The predicted molar refractivity (Wildman–Crippen MR) is 69.5 cm³/mol. The number of hydrogen-bond acceptors (Lipinski definition) is 2. The van der Waals surface area contributed by atoms with Gasteiger partial charge in [-0.15, -0.1) is 0 Å². The van der Waals surface area contributed by atoms with Gasteiger partial charge >= 0.3 is 0 Å². The Labute approximate surface area is 103 Å². The zero-order valence-electron chi connectivity index (χ0n) is 10.6. The first-order valence-corrected chi connectivity index (χ1v) is 6.37. The molecule has 2 nitrogen and oxygen atoms in total. The van der Waals surface area contributed by atoms with Crippen LogP contribution in [-0.2, 0) is 6.54 Å². The number of nitrogens with two attached hydrogens (primary N) is 1. The van der Waals surface area contributed by atoms with E-state index in [1.165, 1.54) is 12.8 Å². The molecule has 1 aromatic carbocycles. The molecule has 2 rings (SSSR count). The lowest BCUT2D eigenvalue weighted by molar-refractivity contribution is 0.390. The number of piperidine rings is 1. The first-order chi connectivity index (χ1) is 8.11. The van der Waals surface area contributed by atoms with Crippen molar-refractivity contribution >= 4 is 5.69 Å². The van der Waals surface area contributed by atoms with E-state index in [1.807, 2.05) is 6.07 Å². The third kappa shape index (κ3) is 2.60. The molecule has 2 unspecified atom stereocenters. The molecule has 0 amide bonds. The smallest absolute Gasteiger partial charge is 0.129 e. The van der Waals surface area contributed by atoms with Gasteiger partial charge in [0.25, 0.3) is 0 Å². The standard InChI is InChI=1S/C14H21FN2/c1-10-3-4-11(2)17(9-10)13-6-5-12(8-16)14(15)7-13/h5-7,10-11H,3-4,8-9,16H2,1-2H3. The van der Waals surface area contributed by atoms with Crippen molar-refractivity contribution < 1.29 is 4.39 Å². The minimum absolute atomic E-state index is 0.185. The summed E-state index contributed by atoms with van der Waals surface area (Å²) in [5.41, 5.74) is 7.05. The average molecular weight is 236 g/mol. The highest BCUT2D eigenvalue weighted by molar-refractivity contribution is 5.49. The van der Waals surface area contributed by atoms with Crippen LogP contribution < -0.4 is 10.6 Å². The van der Waals surface area contributed by atoms with E-state index in [-0.39, 0.29) is 12.4 Å². The van der Waals surface area contributed by atoms with E-state index >= 15 is 0 Å². The van der Waals surface area contributed by atoms with Gasteiger partial charge in [-0.05, 0) is 37.8 Å². The quantitative estimate of drug-likeness (QED) is 0.855. The predicted octanol–water partition coefficient (Wildman–Crippen LogP) is 2.91. The summed E-state index contributed by atoms with van der Waals surface area (Å²) in [7, 11) is 0. The van der Waals surface area contributed by atoms with Crippen LogP contribution in [0.5, 0.6) is 0 Å². The van der Waals surface area contributed by atoms with Crippen LogP contribution >= 0.6 is 0 Å². The van der Waals surface area contributed by atoms with Crippen LogP contribution in [0.1, 0.15) is 32.3 Å². The van der Waals surface area contributed by atoms with Crippen molar-refractivity contribution in [1.82, 2.24) is 0 Å². The van der Waals surface area contributed by atoms with Gasteiger partial charge in [-0.1, -0.05) is 13.0 Å². The van der Waals surface area contributed by atoms with Gasteiger partial charge in [-0.3, -0.25) is 0 Å². The molecule has 3 heteroatoms. The number of anilines is 1. The van der Waals surface area contributed by atoms with Gasteiger partial charge in [0.1, 0.15) is 5.82 Å². The third-order valence-electron chi connectivity index (χ3n) is 3.71. The van der Waals surface area contributed by atoms with Crippen molar-refractivity contribution in [3.63, 3.8) is 0 Å². The Bertz CT molecular complexity index is 392. The average Bonchev–Trinajstić information content (AvgIpc) is 2.32. The SMILES string of the molecule is CC1CCC(C)N(c2ccc(CN)c(F)c2)C1. The Kier molecular flexibility index (Phi) is 3.67. The molecule has 2 atom stereocenters. The second kappa shape index (κ2) is 5.05. The highest BCUT2D eigenvalue weighted by Gasteiger charge is 2.23. The fourth-order valence-electron chi connectivity index (χ4n) is 2.53. The van der Waals surface area contributed by atoms with E-state index in [0.29, 0.717) is 17.5 Å². The second-order valence-electron chi connectivity index (χ2n) is 5.16. The summed E-state index contributed by atoms with van der Waals surface area (Å²) in [4.78, 5) is 2.30. The normalized spacial score (nSPS) is 25.1. The number of rotatable bonds is 2. The second-order valence-corrected chi connectivity index (χ2v) is 5.16. The maximum absolute atomic E-state index is 13.7. The van der Waals surface area contributed by atoms with Crippen molar-refractivity contribution in [1.29, 1.82) is 0 Å². The lowest BCUT2D eigenvalue weighted by Crippen LogP contribution is -2.41. The number of nitrogens with zero attached hydrogens (tertiary/aromatic N) is 1. The Balaban J connectivity index is 2.23. The molecule has 1 saturated heterocycles. The maximum atomic E-state index is 13.7. The van der Waals surface area contributed by atoms with Gasteiger partial charge in [0.05, 0.1) is 0 Å².